The fourth-order valence-corrected chi connectivity index (χ4v) is 1.47. The van der Waals surface area contributed by atoms with Gasteiger partial charge >= 0.3 is 0 Å². The molecule has 6 nitrogen and oxygen atoms in total. The summed E-state index contributed by atoms with van der Waals surface area (Å²) in [5.74, 6) is 0. The zero-order valence-corrected chi connectivity index (χ0v) is 8.41. The molecule has 1 fully saturated rings. The van der Waals surface area contributed by atoms with Crippen molar-refractivity contribution in [1.82, 2.24) is 0 Å². The number of non-ortho nitro benzene ring substituents is 1. The Morgan fingerprint density at radius 2 is 2.12 bits per heavy atom. The fourth-order valence-electron chi connectivity index (χ4n) is 1.47. The van der Waals surface area contributed by atoms with E-state index in [0.29, 0.717) is 12.2 Å². The number of hydrogen-bond acceptors (Lipinski definition) is 5. The number of aliphatic hydroxyl groups excluding tert-OH is 1. The first-order chi connectivity index (χ1) is 7.70. The Labute approximate surface area is 91.6 Å². The lowest BCUT2D eigenvalue weighted by Gasteiger charge is -2.09. The topological polar surface area (TPSA) is 81.8 Å². The minimum atomic E-state index is -0.544. The zero-order chi connectivity index (χ0) is 11.5. The predicted octanol–water partition coefficient (Wildman–Crippen LogP) is 1.00. The largest absolute Gasteiger partial charge is 0.394 e. The first kappa shape index (κ1) is 11.0. The Kier molecular flexibility index (Phi) is 3.14. The quantitative estimate of drug-likeness (QED) is 0.613. The molecule has 86 valence electrons. The number of benzene rings is 1. The van der Waals surface area contributed by atoms with E-state index in [-0.39, 0.29) is 18.4 Å². The zero-order valence-electron chi connectivity index (χ0n) is 8.41. The molecule has 1 aliphatic rings. The molecule has 1 saturated heterocycles. The molecule has 0 saturated carbocycles. The Bertz CT molecular complexity index is 377. The average Bonchev–Trinajstić information content (AvgIpc) is 2.77. The SMILES string of the molecule is O=[N+]([O-])c1ccc(C2OCC(CO)O2)cc1. The van der Waals surface area contributed by atoms with Crippen LogP contribution in [0.1, 0.15) is 11.9 Å². The smallest absolute Gasteiger partial charge is 0.269 e. The highest BCUT2D eigenvalue weighted by atomic mass is 16.7. The summed E-state index contributed by atoms with van der Waals surface area (Å²) in [4.78, 5) is 9.98. The number of aliphatic hydroxyl groups is 1. The van der Waals surface area contributed by atoms with Gasteiger partial charge in [-0.3, -0.25) is 10.1 Å². The molecule has 0 radical (unpaired) electrons. The van der Waals surface area contributed by atoms with E-state index >= 15 is 0 Å². The van der Waals surface area contributed by atoms with Crippen LogP contribution in [0.5, 0.6) is 0 Å². The fraction of sp³-hybridized carbons (Fsp3) is 0.400. The molecule has 6 heteroatoms. The summed E-state index contributed by atoms with van der Waals surface area (Å²) in [6.45, 7) is 0.238. The van der Waals surface area contributed by atoms with Crippen LogP contribution in [-0.4, -0.2) is 29.3 Å². The Morgan fingerprint density at radius 1 is 1.44 bits per heavy atom. The van der Waals surface area contributed by atoms with Gasteiger partial charge in [0.15, 0.2) is 6.29 Å². The van der Waals surface area contributed by atoms with E-state index in [0.717, 1.165) is 0 Å². The van der Waals surface area contributed by atoms with E-state index < -0.39 is 11.2 Å². The van der Waals surface area contributed by atoms with Gasteiger partial charge in [-0.1, -0.05) is 0 Å². The van der Waals surface area contributed by atoms with Crippen LogP contribution >= 0.6 is 0 Å². The lowest BCUT2D eigenvalue weighted by molar-refractivity contribution is -0.384. The third-order valence-corrected chi connectivity index (χ3v) is 2.33. The maximum Gasteiger partial charge on any atom is 0.269 e. The van der Waals surface area contributed by atoms with Crippen molar-refractivity contribution in [2.24, 2.45) is 0 Å². The number of ether oxygens (including phenoxy) is 2. The van der Waals surface area contributed by atoms with E-state index in [1.54, 1.807) is 12.1 Å². The van der Waals surface area contributed by atoms with Crippen LogP contribution in [0.4, 0.5) is 5.69 Å². The van der Waals surface area contributed by atoms with Crippen LogP contribution in [0.2, 0.25) is 0 Å². The summed E-state index contributed by atoms with van der Waals surface area (Å²) in [5, 5.41) is 19.3. The van der Waals surface area contributed by atoms with Crippen LogP contribution in [-0.2, 0) is 9.47 Å². The van der Waals surface area contributed by atoms with Crippen molar-refractivity contribution >= 4 is 5.69 Å². The molecule has 1 heterocycles. The molecular formula is C10H11NO5. The molecular weight excluding hydrogens is 214 g/mol. The number of rotatable bonds is 3. The van der Waals surface area contributed by atoms with Crippen molar-refractivity contribution in [3.05, 3.63) is 39.9 Å². The Hall–Kier alpha value is -1.50. The highest BCUT2D eigenvalue weighted by Crippen LogP contribution is 2.27. The minimum Gasteiger partial charge on any atom is -0.394 e. The van der Waals surface area contributed by atoms with Crippen LogP contribution in [0.25, 0.3) is 0 Å². The second kappa shape index (κ2) is 4.56. The Balaban J connectivity index is 2.08. The van der Waals surface area contributed by atoms with Gasteiger partial charge in [0.1, 0.15) is 6.10 Å². The first-order valence-corrected chi connectivity index (χ1v) is 4.83. The highest BCUT2D eigenvalue weighted by Gasteiger charge is 2.26. The number of nitro groups is 1. The predicted molar refractivity (Wildman–Crippen MR) is 53.7 cm³/mol. The average molecular weight is 225 g/mol. The lowest BCUT2D eigenvalue weighted by atomic mass is 10.2. The first-order valence-electron chi connectivity index (χ1n) is 4.83. The molecule has 16 heavy (non-hydrogen) atoms. The van der Waals surface area contributed by atoms with E-state index in [9.17, 15) is 10.1 Å². The van der Waals surface area contributed by atoms with Crippen LogP contribution in [0, 0.1) is 10.1 Å². The molecule has 1 aromatic rings. The monoisotopic (exact) mass is 225 g/mol. The van der Waals surface area contributed by atoms with Crippen LogP contribution in [0.3, 0.4) is 0 Å². The minimum absolute atomic E-state index is 0.0282. The molecule has 0 aliphatic carbocycles. The van der Waals surface area contributed by atoms with Gasteiger partial charge in [-0.05, 0) is 12.1 Å². The third-order valence-electron chi connectivity index (χ3n) is 2.33. The molecule has 1 aromatic carbocycles. The molecule has 2 rings (SSSR count). The summed E-state index contributed by atoms with van der Waals surface area (Å²) in [6, 6.07) is 5.97. The lowest BCUT2D eigenvalue weighted by Crippen LogP contribution is -2.14. The highest BCUT2D eigenvalue weighted by molar-refractivity contribution is 5.33. The van der Waals surface area contributed by atoms with Gasteiger partial charge in [-0.2, -0.15) is 0 Å². The molecule has 0 bridgehead atoms. The van der Waals surface area contributed by atoms with E-state index in [1.165, 1.54) is 12.1 Å². The summed E-state index contributed by atoms with van der Waals surface area (Å²) in [6.07, 6.45) is -0.863. The summed E-state index contributed by atoms with van der Waals surface area (Å²) < 4.78 is 10.6. The van der Waals surface area contributed by atoms with E-state index in [1.807, 2.05) is 0 Å². The molecule has 2 atom stereocenters. The van der Waals surface area contributed by atoms with Gasteiger partial charge in [0.2, 0.25) is 0 Å². The summed E-state index contributed by atoms with van der Waals surface area (Å²) in [7, 11) is 0. The maximum atomic E-state index is 10.4. The van der Waals surface area contributed by atoms with Crippen molar-refractivity contribution in [1.29, 1.82) is 0 Å². The summed E-state index contributed by atoms with van der Waals surface area (Å²) in [5.41, 5.74) is 0.738. The summed E-state index contributed by atoms with van der Waals surface area (Å²) >= 11 is 0. The molecule has 1 N–H and O–H groups in total. The van der Waals surface area contributed by atoms with Gasteiger partial charge in [-0.25, -0.2) is 0 Å². The molecule has 0 amide bonds. The van der Waals surface area contributed by atoms with Gasteiger partial charge in [-0.15, -0.1) is 0 Å². The van der Waals surface area contributed by atoms with Gasteiger partial charge < -0.3 is 14.6 Å². The number of nitrogens with zero attached hydrogens (tertiary/aromatic N) is 1. The van der Waals surface area contributed by atoms with E-state index in [4.69, 9.17) is 14.6 Å². The molecule has 1 aliphatic heterocycles. The normalized spacial score (nSPS) is 24.6. The number of hydrogen-bond donors (Lipinski definition) is 1. The van der Waals surface area contributed by atoms with Gasteiger partial charge in [0.05, 0.1) is 18.1 Å². The molecule has 0 aromatic heterocycles. The second-order valence-electron chi connectivity index (χ2n) is 3.45. The molecule has 0 spiro atoms. The van der Waals surface area contributed by atoms with Crippen molar-refractivity contribution in [2.45, 2.75) is 12.4 Å². The van der Waals surface area contributed by atoms with Crippen molar-refractivity contribution in [3.63, 3.8) is 0 Å². The third kappa shape index (κ3) is 2.19. The molecule has 2 unspecified atom stereocenters. The van der Waals surface area contributed by atoms with Crippen molar-refractivity contribution < 1.29 is 19.5 Å². The second-order valence-corrected chi connectivity index (χ2v) is 3.45. The standard InChI is InChI=1S/C10H11NO5/c12-5-9-6-15-10(16-9)7-1-3-8(4-2-7)11(13)14/h1-4,9-10,12H,5-6H2. The van der Waals surface area contributed by atoms with Gasteiger partial charge in [0, 0.05) is 17.7 Å². The van der Waals surface area contributed by atoms with Crippen LogP contribution in [0.15, 0.2) is 24.3 Å². The van der Waals surface area contributed by atoms with E-state index in [2.05, 4.69) is 0 Å². The number of nitro benzene ring substituents is 1. The Morgan fingerprint density at radius 3 is 2.62 bits per heavy atom. The van der Waals surface area contributed by atoms with Gasteiger partial charge in [0.25, 0.3) is 5.69 Å². The van der Waals surface area contributed by atoms with Crippen LogP contribution < -0.4 is 0 Å². The van der Waals surface area contributed by atoms with Crippen molar-refractivity contribution in [2.75, 3.05) is 13.2 Å². The maximum absolute atomic E-state index is 10.4. The van der Waals surface area contributed by atoms with Crippen molar-refractivity contribution in [3.8, 4) is 0 Å².